The van der Waals surface area contributed by atoms with Crippen molar-refractivity contribution in [1.82, 2.24) is 5.32 Å². The third kappa shape index (κ3) is 1.43. The van der Waals surface area contributed by atoms with Crippen LogP contribution < -0.4 is 5.32 Å². The third-order valence-electron chi connectivity index (χ3n) is 2.06. The molecule has 0 fully saturated rings. The van der Waals surface area contributed by atoms with Gasteiger partial charge in [-0.1, -0.05) is 0 Å². The fraction of sp³-hybridized carbons (Fsp3) is 0.625. The monoisotopic (exact) mass is 154 g/mol. The molecule has 0 saturated heterocycles. The molecule has 0 spiro atoms. The van der Waals surface area contributed by atoms with E-state index in [1.165, 1.54) is 0 Å². The molecule has 11 heavy (non-hydrogen) atoms. The summed E-state index contributed by atoms with van der Waals surface area (Å²) in [5, 5.41) is 12.1. The van der Waals surface area contributed by atoms with Gasteiger partial charge in [0.1, 0.15) is 0 Å². The van der Waals surface area contributed by atoms with Gasteiger partial charge in [0.2, 0.25) is 0 Å². The topological polar surface area (TPSA) is 44.6 Å². The normalized spacial score (nSPS) is 30.5. The summed E-state index contributed by atoms with van der Waals surface area (Å²) in [5.41, 5.74) is 1.52. The van der Waals surface area contributed by atoms with Gasteiger partial charge in [0.05, 0.1) is 17.8 Å². The van der Waals surface area contributed by atoms with Crippen molar-refractivity contribution in [2.45, 2.75) is 26.3 Å². The minimum absolute atomic E-state index is 0.0755. The molecule has 0 radical (unpaired) electrons. The molecule has 0 aromatic heterocycles. The van der Waals surface area contributed by atoms with Gasteiger partial charge in [-0.25, -0.2) is 0 Å². The molecule has 1 rings (SSSR count). The predicted molar refractivity (Wildman–Crippen MR) is 45.5 cm³/mol. The molecule has 1 unspecified atom stereocenters. The Labute approximate surface area is 66.8 Å². The van der Waals surface area contributed by atoms with Crippen molar-refractivity contribution in [2.24, 2.45) is 4.99 Å². The lowest BCUT2D eigenvalue weighted by Crippen LogP contribution is -2.50. The van der Waals surface area contributed by atoms with Crippen LogP contribution in [0.4, 0.5) is 0 Å². The van der Waals surface area contributed by atoms with E-state index in [1.54, 1.807) is 0 Å². The molecule has 1 atom stereocenters. The molecule has 1 heterocycles. The SMILES string of the molecule is CC1=CNC(C)(CO)C(C)=N1. The fourth-order valence-corrected chi connectivity index (χ4v) is 0.948. The zero-order valence-electron chi connectivity index (χ0n) is 7.18. The first-order chi connectivity index (χ1) is 5.08. The maximum atomic E-state index is 9.03. The highest BCUT2D eigenvalue weighted by molar-refractivity contribution is 5.92. The molecule has 2 N–H and O–H groups in total. The number of nitrogens with zero attached hydrogens (tertiary/aromatic N) is 1. The van der Waals surface area contributed by atoms with Crippen LogP contribution in [0.15, 0.2) is 16.9 Å². The summed E-state index contributed by atoms with van der Waals surface area (Å²) in [6.07, 6.45) is 1.82. The summed E-state index contributed by atoms with van der Waals surface area (Å²) in [7, 11) is 0. The van der Waals surface area contributed by atoms with Gasteiger partial charge in [-0.05, 0) is 20.8 Å². The second-order valence-corrected chi connectivity index (χ2v) is 3.12. The van der Waals surface area contributed by atoms with E-state index in [2.05, 4.69) is 10.3 Å². The van der Waals surface area contributed by atoms with E-state index >= 15 is 0 Å². The van der Waals surface area contributed by atoms with E-state index in [0.717, 1.165) is 11.4 Å². The number of hydrogen-bond acceptors (Lipinski definition) is 3. The number of nitrogens with one attached hydrogen (secondary N) is 1. The third-order valence-corrected chi connectivity index (χ3v) is 2.06. The number of rotatable bonds is 1. The van der Waals surface area contributed by atoms with Crippen molar-refractivity contribution < 1.29 is 5.11 Å². The lowest BCUT2D eigenvalue weighted by atomic mass is 9.97. The summed E-state index contributed by atoms with van der Waals surface area (Å²) >= 11 is 0. The standard InChI is InChI=1S/C8H14N2O/c1-6-4-9-8(3,5-11)7(2)10-6/h4,9,11H,5H2,1-3H3. The zero-order chi connectivity index (χ0) is 8.48. The molecule has 3 nitrogen and oxygen atoms in total. The van der Waals surface area contributed by atoms with E-state index in [0.29, 0.717) is 0 Å². The Morgan fingerprint density at radius 2 is 2.27 bits per heavy atom. The Morgan fingerprint density at radius 3 is 2.73 bits per heavy atom. The first kappa shape index (κ1) is 8.27. The van der Waals surface area contributed by atoms with Crippen LogP contribution in [0.1, 0.15) is 20.8 Å². The lowest BCUT2D eigenvalue weighted by molar-refractivity contribution is 0.230. The minimum Gasteiger partial charge on any atom is -0.394 e. The van der Waals surface area contributed by atoms with Gasteiger partial charge in [-0.2, -0.15) is 0 Å². The van der Waals surface area contributed by atoms with Crippen LogP contribution in [0.5, 0.6) is 0 Å². The van der Waals surface area contributed by atoms with Crippen LogP contribution in [0.2, 0.25) is 0 Å². The van der Waals surface area contributed by atoms with Crippen LogP contribution in [0.3, 0.4) is 0 Å². The fourth-order valence-electron chi connectivity index (χ4n) is 0.948. The maximum Gasteiger partial charge on any atom is 0.0954 e. The van der Waals surface area contributed by atoms with Gasteiger partial charge < -0.3 is 10.4 Å². The second-order valence-electron chi connectivity index (χ2n) is 3.12. The van der Waals surface area contributed by atoms with E-state index < -0.39 is 0 Å². The van der Waals surface area contributed by atoms with Crippen molar-refractivity contribution in [2.75, 3.05) is 6.61 Å². The summed E-state index contributed by atoms with van der Waals surface area (Å²) < 4.78 is 0. The molecule has 0 aliphatic carbocycles. The molecule has 0 bridgehead atoms. The van der Waals surface area contributed by atoms with Crippen LogP contribution >= 0.6 is 0 Å². The summed E-state index contributed by atoms with van der Waals surface area (Å²) in [6.45, 7) is 5.84. The lowest BCUT2D eigenvalue weighted by Gasteiger charge is -2.30. The second kappa shape index (κ2) is 2.66. The van der Waals surface area contributed by atoms with E-state index in [9.17, 15) is 0 Å². The van der Waals surface area contributed by atoms with Crippen molar-refractivity contribution in [3.05, 3.63) is 11.9 Å². The number of aliphatic hydroxyl groups excluding tert-OH is 1. The molecule has 0 aromatic rings. The Morgan fingerprint density at radius 1 is 1.64 bits per heavy atom. The van der Waals surface area contributed by atoms with Gasteiger partial charge in [-0.3, -0.25) is 4.99 Å². The molecular weight excluding hydrogens is 140 g/mol. The van der Waals surface area contributed by atoms with E-state index in [-0.39, 0.29) is 12.1 Å². The zero-order valence-corrected chi connectivity index (χ0v) is 7.18. The van der Waals surface area contributed by atoms with E-state index in [4.69, 9.17) is 5.11 Å². The summed E-state index contributed by atoms with van der Waals surface area (Å²) in [4.78, 5) is 4.26. The van der Waals surface area contributed by atoms with Crippen LogP contribution in [0.25, 0.3) is 0 Å². The van der Waals surface area contributed by atoms with Crippen LogP contribution in [-0.2, 0) is 0 Å². The first-order valence-electron chi connectivity index (χ1n) is 3.69. The predicted octanol–water partition coefficient (Wildman–Crippen LogP) is 0.663. The molecule has 1 aliphatic rings. The van der Waals surface area contributed by atoms with Gasteiger partial charge in [0, 0.05) is 11.9 Å². The van der Waals surface area contributed by atoms with Gasteiger partial charge in [-0.15, -0.1) is 0 Å². The Bertz CT molecular complexity index is 220. The van der Waals surface area contributed by atoms with Crippen LogP contribution in [0, 0.1) is 0 Å². The van der Waals surface area contributed by atoms with Crippen molar-refractivity contribution in [3.63, 3.8) is 0 Å². The molecule has 0 saturated carbocycles. The number of allylic oxidation sites excluding steroid dienone is 1. The minimum atomic E-state index is -0.362. The maximum absolute atomic E-state index is 9.03. The number of hydrogen-bond donors (Lipinski definition) is 2. The Kier molecular flexibility index (Phi) is 2.00. The van der Waals surface area contributed by atoms with Gasteiger partial charge in [0.15, 0.2) is 0 Å². The summed E-state index contributed by atoms with van der Waals surface area (Å²) in [5.74, 6) is 0. The van der Waals surface area contributed by atoms with E-state index in [1.807, 2.05) is 27.0 Å². The quantitative estimate of drug-likeness (QED) is 0.583. The van der Waals surface area contributed by atoms with Gasteiger partial charge in [0.25, 0.3) is 0 Å². The molecule has 0 aromatic carbocycles. The highest BCUT2D eigenvalue weighted by atomic mass is 16.3. The number of aliphatic imine (C=N–C) groups is 1. The average molecular weight is 154 g/mol. The molecular formula is C8H14N2O. The largest absolute Gasteiger partial charge is 0.394 e. The van der Waals surface area contributed by atoms with Gasteiger partial charge >= 0.3 is 0 Å². The van der Waals surface area contributed by atoms with Crippen LogP contribution in [-0.4, -0.2) is 23.0 Å². The first-order valence-corrected chi connectivity index (χ1v) is 3.69. The highest BCUT2D eigenvalue weighted by Gasteiger charge is 2.27. The smallest absolute Gasteiger partial charge is 0.0954 e. The van der Waals surface area contributed by atoms with Crippen molar-refractivity contribution >= 4 is 5.71 Å². The Hall–Kier alpha value is -0.830. The van der Waals surface area contributed by atoms with Crippen molar-refractivity contribution in [3.8, 4) is 0 Å². The number of aliphatic hydroxyl groups is 1. The molecule has 0 amide bonds. The molecule has 62 valence electrons. The van der Waals surface area contributed by atoms with Crippen molar-refractivity contribution in [1.29, 1.82) is 0 Å². The molecule has 3 heteroatoms. The molecule has 1 aliphatic heterocycles. The Balaban J connectivity index is 2.87. The summed E-state index contributed by atoms with van der Waals surface area (Å²) in [6, 6.07) is 0. The highest BCUT2D eigenvalue weighted by Crippen LogP contribution is 2.13. The average Bonchev–Trinajstić information content (AvgIpc) is 1.98.